The van der Waals surface area contributed by atoms with Crippen LogP contribution in [0, 0.1) is 11.3 Å². The fraction of sp³-hybridized carbons (Fsp3) is 0.154. The smallest absolute Gasteiger partial charge is 0.333 e. The Morgan fingerprint density at radius 2 is 1.87 bits per heavy atom. The summed E-state index contributed by atoms with van der Waals surface area (Å²) >= 11 is 0. The molecule has 2 N–H and O–H groups in total. The molecule has 31 heavy (non-hydrogen) atoms. The molecule has 3 aromatic rings. The molecular formula is C26H24N2O3. The molecule has 0 aromatic heterocycles. The average Bonchev–Trinajstić information content (AvgIpc) is 2.79. The predicted octanol–water partition coefficient (Wildman–Crippen LogP) is 5.28. The second kappa shape index (κ2) is 9.64. The Morgan fingerprint density at radius 1 is 1.16 bits per heavy atom. The third kappa shape index (κ3) is 5.12. The van der Waals surface area contributed by atoms with Crippen molar-refractivity contribution in [2.45, 2.75) is 25.5 Å². The molecule has 0 aliphatic heterocycles. The molecule has 0 amide bonds. The van der Waals surface area contributed by atoms with Crippen LogP contribution in [0.1, 0.15) is 29.2 Å². The lowest BCUT2D eigenvalue weighted by atomic mass is 9.89. The summed E-state index contributed by atoms with van der Waals surface area (Å²) in [6.45, 7) is 5.85. The number of carboxylic acids is 1. The first-order valence-electron chi connectivity index (χ1n) is 9.89. The van der Waals surface area contributed by atoms with Gasteiger partial charge in [0, 0.05) is 5.69 Å². The topological polar surface area (TPSA) is 82.4 Å². The Bertz CT molecular complexity index is 1100. The van der Waals surface area contributed by atoms with Crippen LogP contribution < -0.4 is 10.1 Å². The van der Waals surface area contributed by atoms with Crippen LogP contribution in [-0.2, 0) is 23.4 Å². The van der Waals surface area contributed by atoms with Gasteiger partial charge >= 0.3 is 5.97 Å². The summed E-state index contributed by atoms with van der Waals surface area (Å²) in [5.74, 6) is -0.321. The van der Waals surface area contributed by atoms with Gasteiger partial charge in [0.15, 0.2) is 5.54 Å². The summed E-state index contributed by atoms with van der Waals surface area (Å²) in [6.07, 6.45) is 2.31. The summed E-state index contributed by atoms with van der Waals surface area (Å²) in [5.41, 5.74) is 2.25. The second-order valence-corrected chi connectivity index (χ2v) is 7.33. The molecular weight excluding hydrogens is 388 g/mol. The Hall–Kier alpha value is -4.04. The lowest BCUT2D eigenvalue weighted by molar-refractivity contribution is -0.142. The number of allylic oxidation sites excluding steroid dienone is 1. The number of hydrogen-bond donors (Lipinski definition) is 2. The molecule has 0 heterocycles. The number of nitrogens with zero attached hydrogens (tertiary/aromatic N) is 1. The van der Waals surface area contributed by atoms with Crippen molar-refractivity contribution in [2.24, 2.45) is 0 Å². The van der Waals surface area contributed by atoms with Gasteiger partial charge < -0.3 is 15.2 Å². The Balaban J connectivity index is 1.90. The molecule has 3 rings (SSSR count). The lowest BCUT2D eigenvalue weighted by Crippen LogP contribution is -2.40. The van der Waals surface area contributed by atoms with E-state index in [1.54, 1.807) is 49.4 Å². The minimum atomic E-state index is -1.37. The molecule has 3 aromatic carbocycles. The average molecular weight is 412 g/mol. The summed E-state index contributed by atoms with van der Waals surface area (Å²) < 4.78 is 6.00. The number of carbonyl (C=O) groups is 1. The fourth-order valence-electron chi connectivity index (χ4n) is 3.25. The molecule has 1 atom stereocenters. The molecule has 5 heteroatoms. The van der Waals surface area contributed by atoms with E-state index in [1.165, 1.54) is 0 Å². The zero-order chi connectivity index (χ0) is 22.3. The third-order valence-corrected chi connectivity index (χ3v) is 5.08. The first kappa shape index (κ1) is 21.7. The van der Waals surface area contributed by atoms with Crippen LogP contribution in [0.5, 0.6) is 5.75 Å². The van der Waals surface area contributed by atoms with E-state index in [0.29, 0.717) is 35.6 Å². The fourth-order valence-corrected chi connectivity index (χ4v) is 3.25. The summed E-state index contributed by atoms with van der Waals surface area (Å²) in [7, 11) is 0. The van der Waals surface area contributed by atoms with E-state index < -0.39 is 11.5 Å². The van der Waals surface area contributed by atoms with Crippen LogP contribution in [-0.4, -0.2) is 11.1 Å². The van der Waals surface area contributed by atoms with Crippen LogP contribution in [0.3, 0.4) is 0 Å². The van der Waals surface area contributed by atoms with E-state index in [-0.39, 0.29) is 0 Å². The van der Waals surface area contributed by atoms with Crippen molar-refractivity contribution in [3.8, 4) is 11.8 Å². The maximum absolute atomic E-state index is 12.2. The molecule has 0 fully saturated rings. The Kier molecular flexibility index (Phi) is 6.74. The van der Waals surface area contributed by atoms with Crippen molar-refractivity contribution in [3.05, 3.63) is 108 Å². The number of carboxylic acid groups (broad SMARTS) is 1. The minimum Gasteiger partial charge on any atom is -0.489 e. The largest absolute Gasteiger partial charge is 0.489 e. The molecule has 0 bridgehead atoms. The second-order valence-electron chi connectivity index (χ2n) is 7.33. The van der Waals surface area contributed by atoms with Gasteiger partial charge in [-0.3, -0.25) is 0 Å². The van der Waals surface area contributed by atoms with Crippen LogP contribution >= 0.6 is 0 Å². The van der Waals surface area contributed by atoms with Crippen molar-refractivity contribution < 1.29 is 14.6 Å². The van der Waals surface area contributed by atoms with Crippen LogP contribution in [0.25, 0.3) is 0 Å². The summed E-state index contributed by atoms with van der Waals surface area (Å²) in [4.78, 5) is 12.2. The van der Waals surface area contributed by atoms with E-state index in [2.05, 4.69) is 18.0 Å². The number of benzene rings is 3. The zero-order valence-corrected chi connectivity index (χ0v) is 17.3. The number of rotatable bonds is 9. The monoisotopic (exact) mass is 412 g/mol. The first-order chi connectivity index (χ1) is 15.0. The molecule has 0 aliphatic carbocycles. The van der Waals surface area contributed by atoms with E-state index in [9.17, 15) is 9.90 Å². The molecule has 5 nitrogen and oxygen atoms in total. The normalized spacial score (nSPS) is 12.3. The van der Waals surface area contributed by atoms with E-state index in [0.717, 1.165) is 11.1 Å². The molecule has 0 aliphatic rings. The highest BCUT2D eigenvalue weighted by Crippen LogP contribution is 2.31. The van der Waals surface area contributed by atoms with Gasteiger partial charge in [-0.15, -0.1) is 6.58 Å². The minimum absolute atomic E-state index is 0.421. The predicted molar refractivity (Wildman–Crippen MR) is 121 cm³/mol. The maximum atomic E-state index is 12.2. The van der Waals surface area contributed by atoms with Gasteiger partial charge in [0.25, 0.3) is 0 Å². The molecule has 0 spiro atoms. The summed E-state index contributed by atoms with van der Waals surface area (Å²) in [6, 6.07) is 24.0. The highest BCUT2D eigenvalue weighted by Gasteiger charge is 2.35. The number of ether oxygens (including phenoxy) is 1. The van der Waals surface area contributed by atoms with Crippen LogP contribution in [0.15, 0.2) is 85.5 Å². The maximum Gasteiger partial charge on any atom is 0.333 e. The van der Waals surface area contributed by atoms with Crippen molar-refractivity contribution in [3.63, 3.8) is 0 Å². The highest BCUT2D eigenvalue weighted by atomic mass is 16.5. The number of nitriles is 1. The van der Waals surface area contributed by atoms with Gasteiger partial charge in [-0.25, -0.2) is 4.79 Å². The first-order valence-corrected chi connectivity index (χ1v) is 9.89. The standard InChI is InChI=1S/C26H24N2O3/c1-3-7-21-16-22(12-15-24(21)31-18-20-8-5-4-6-9-20)26(2,25(29)30)28-23-13-10-19(17-27)11-14-23/h3-6,8-16,28H,1,7,18H2,2H3,(H,29,30). The van der Waals surface area contributed by atoms with Crippen molar-refractivity contribution in [1.29, 1.82) is 5.26 Å². The lowest BCUT2D eigenvalue weighted by Gasteiger charge is -2.29. The molecule has 0 radical (unpaired) electrons. The third-order valence-electron chi connectivity index (χ3n) is 5.08. The van der Waals surface area contributed by atoms with Gasteiger partial charge in [-0.1, -0.05) is 42.5 Å². The van der Waals surface area contributed by atoms with Crippen LogP contribution in [0.4, 0.5) is 5.69 Å². The quantitative estimate of drug-likeness (QED) is 0.468. The SMILES string of the molecule is C=CCc1cc(C(C)(Nc2ccc(C#N)cc2)C(=O)O)ccc1OCc1ccccc1. The highest BCUT2D eigenvalue weighted by molar-refractivity contribution is 5.84. The van der Waals surface area contributed by atoms with Crippen molar-refractivity contribution in [2.75, 3.05) is 5.32 Å². The van der Waals surface area contributed by atoms with Crippen LogP contribution in [0.2, 0.25) is 0 Å². The Morgan fingerprint density at radius 3 is 2.48 bits per heavy atom. The van der Waals surface area contributed by atoms with E-state index in [4.69, 9.17) is 10.00 Å². The summed E-state index contributed by atoms with van der Waals surface area (Å²) in [5, 5.41) is 22.1. The number of anilines is 1. The van der Waals surface area contributed by atoms with Crippen molar-refractivity contribution >= 4 is 11.7 Å². The molecule has 0 saturated heterocycles. The van der Waals surface area contributed by atoms with Gasteiger partial charge in [0.2, 0.25) is 0 Å². The van der Waals surface area contributed by atoms with Crippen molar-refractivity contribution in [1.82, 2.24) is 0 Å². The molecule has 1 unspecified atom stereocenters. The Labute approximate surface area is 182 Å². The number of hydrogen-bond acceptors (Lipinski definition) is 4. The molecule has 156 valence electrons. The van der Waals surface area contributed by atoms with E-state index >= 15 is 0 Å². The van der Waals surface area contributed by atoms with Gasteiger partial charge in [0.05, 0.1) is 11.6 Å². The van der Waals surface area contributed by atoms with Gasteiger partial charge in [0.1, 0.15) is 12.4 Å². The number of nitrogens with one attached hydrogen (secondary N) is 1. The number of aliphatic carboxylic acids is 1. The zero-order valence-electron chi connectivity index (χ0n) is 17.3. The van der Waals surface area contributed by atoms with Gasteiger partial charge in [-0.05, 0) is 66.4 Å². The van der Waals surface area contributed by atoms with Gasteiger partial charge in [-0.2, -0.15) is 5.26 Å². The van der Waals surface area contributed by atoms with E-state index in [1.807, 2.05) is 36.4 Å². The molecule has 0 saturated carbocycles.